The summed E-state index contributed by atoms with van der Waals surface area (Å²) in [6.07, 6.45) is 2.10. The van der Waals surface area contributed by atoms with Gasteiger partial charge in [-0.2, -0.15) is 0 Å². The molecular formula is C6H7ClN2O. The smallest absolute Gasteiger partial charge is 0.222 e. The summed E-state index contributed by atoms with van der Waals surface area (Å²) in [5.74, 6) is 0. The van der Waals surface area contributed by atoms with Gasteiger partial charge in [0.1, 0.15) is 0 Å². The van der Waals surface area contributed by atoms with Gasteiger partial charge in [-0.1, -0.05) is 0 Å². The molecule has 0 aromatic carbocycles. The largest absolute Gasteiger partial charge is 0.396 e. The first-order valence-corrected chi connectivity index (χ1v) is 3.29. The molecule has 4 heteroatoms. The number of hydrogen-bond donors (Lipinski definition) is 1. The summed E-state index contributed by atoms with van der Waals surface area (Å²) >= 11 is 5.48. The van der Waals surface area contributed by atoms with Gasteiger partial charge >= 0.3 is 0 Å². The highest BCUT2D eigenvalue weighted by Crippen LogP contribution is 2.00. The van der Waals surface area contributed by atoms with Gasteiger partial charge in [0.05, 0.1) is 0 Å². The van der Waals surface area contributed by atoms with E-state index in [4.69, 9.17) is 16.7 Å². The zero-order chi connectivity index (χ0) is 7.40. The molecule has 1 heterocycles. The number of halogens is 1. The molecule has 0 radical (unpaired) electrons. The molecule has 0 saturated carbocycles. The van der Waals surface area contributed by atoms with Gasteiger partial charge < -0.3 is 5.11 Å². The number of nitrogens with zero attached hydrogens (tertiary/aromatic N) is 2. The molecule has 3 nitrogen and oxygen atoms in total. The normalized spacial score (nSPS) is 9.80. The molecule has 1 rings (SSSR count). The minimum absolute atomic E-state index is 0.0906. The molecule has 1 aromatic rings. The molecule has 0 atom stereocenters. The van der Waals surface area contributed by atoms with Crippen LogP contribution >= 0.6 is 11.6 Å². The highest BCUT2D eigenvalue weighted by molar-refractivity contribution is 6.28. The fourth-order valence-corrected chi connectivity index (χ4v) is 0.788. The molecule has 0 unspecified atom stereocenters. The second-order valence-corrected chi connectivity index (χ2v) is 2.13. The minimum atomic E-state index is 0.0906. The van der Waals surface area contributed by atoms with Crippen LogP contribution in [0.1, 0.15) is 5.69 Å². The summed E-state index contributed by atoms with van der Waals surface area (Å²) < 4.78 is 0. The third-order valence-corrected chi connectivity index (χ3v) is 1.23. The maximum atomic E-state index is 8.51. The fourth-order valence-electron chi connectivity index (χ4n) is 0.623. The topological polar surface area (TPSA) is 46.0 Å². The zero-order valence-corrected chi connectivity index (χ0v) is 6.04. The Bertz CT molecular complexity index is 217. The molecule has 0 aliphatic carbocycles. The molecule has 54 valence electrons. The van der Waals surface area contributed by atoms with Crippen molar-refractivity contribution in [3.63, 3.8) is 0 Å². The summed E-state index contributed by atoms with van der Waals surface area (Å²) in [6, 6.07) is 1.72. The lowest BCUT2D eigenvalue weighted by Gasteiger charge is -1.94. The third kappa shape index (κ3) is 1.93. The Balaban J connectivity index is 2.75. The Kier molecular flexibility index (Phi) is 2.59. The van der Waals surface area contributed by atoms with Gasteiger partial charge in [-0.25, -0.2) is 9.97 Å². The first-order valence-electron chi connectivity index (χ1n) is 2.91. The van der Waals surface area contributed by atoms with Crippen LogP contribution in [0.3, 0.4) is 0 Å². The number of aromatic nitrogens is 2. The van der Waals surface area contributed by atoms with E-state index in [9.17, 15) is 0 Å². The van der Waals surface area contributed by atoms with Crippen molar-refractivity contribution in [2.24, 2.45) is 0 Å². The molecule has 0 spiro atoms. The standard InChI is InChI=1S/C6H7ClN2O/c7-6-8-3-1-5(9-6)2-4-10/h1,3,10H,2,4H2. The van der Waals surface area contributed by atoms with Gasteiger partial charge in [-0.3, -0.25) is 0 Å². The first-order chi connectivity index (χ1) is 4.83. The molecule has 0 fully saturated rings. The number of hydrogen-bond acceptors (Lipinski definition) is 3. The highest BCUT2D eigenvalue weighted by Gasteiger charge is 1.93. The summed E-state index contributed by atoms with van der Waals surface area (Å²) in [6.45, 7) is 0.0906. The van der Waals surface area contributed by atoms with E-state index >= 15 is 0 Å². The van der Waals surface area contributed by atoms with Crippen molar-refractivity contribution in [1.82, 2.24) is 9.97 Å². The maximum absolute atomic E-state index is 8.51. The lowest BCUT2D eigenvalue weighted by atomic mass is 10.3. The van der Waals surface area contributed by atoms with Gasteiger partial charge in [0.25, 0.3) is 0 Å². The van der Waals surface area contributed by atoms with Gasteiger partial charge in [0, 0.05) is 24.9 Å². The van der Waals surface area contributed by atoms with Crippen LogP contribution in [-0.4, -0.2) is 21.7 Å². The summed E-state index contributed by atoms with van der Waals surface area (Å²) in [4.78, 5) is 7.55. The molecule has 0 amide bonds. The van der Waals surface area contributed by atoms with Crippen LogP contribution in [0.15, 0.2) is 12.3 Å². The van der Waals surface area contributed by atoms with Crippen molar-refractivity contribution in [3.05, 3.63) is 23.2 Å². The molecule has 1 aromatic heterocycles. The summed E-state index contributed by atoms with van der Waals surface area (Å²) in [5, 5.41) is 8.73. The Morgan fingerprint density at radius 3 is 3.00 bits per heavy atom. The van der Waals surface area contributed by atoms with Crippen molar-refractivity contribution in [3.8, 4) is 0 Å². The SMILES string of the molecule is OCCc1ccnc(Cl)n1. The Morgan fingerprint density at radius 2 is 2.40 bits per heavy atom. The lowest BCUT2D eigenvalue weighted by Crippen LogP contribution is -1.94. The van der Waals surface area contributed by atoms with Crippen molar-refractivity contribution in [2.75, 3.05) is 6.61 Å². The number of aliphatic hydroxyl groups excluding tert-OH is 1. The zero-order valence-electron chi connectivity index (χ0n) is 5.29. The van der Waals surface area contributed by atoms with E-state index in [-0.39, 0.29) is 11.9 Å². The third-order valence-electron chi connectivity index (χ3n) is 1.05. The van der Waals surface area contributed by atoms with Crippen LogP contribution in [-0.2, 0) is 6.42 Å². The van der Waals surface area contributed by atoms with E-state index in [0.29, 0.717) is 6.42 Å². The van der Waals surface area contributed by atoms with Crippen molar-refractivity contribution in [2.45, 2.75) is 6.42 Å². The monoisotopic (exact) mass is 158 g/mol. The molecule has 0 aliphatic rings. The second-order valence-electron chi connectivity index (χ2n) is 1.79. The average Bonchev–Trinajstić information content (AvgIpc) is 1.88. The molecule has 10 heavy (non-hydrogen) atoms. The van der Waals surface area contributed by atoms with E-state index in [1.165, 1.54) is 0 Å². The Morgan fingerprint density at radius 1 is 1.60 bits per heavy atom. The molecule has 0 aliphatic heterocycles. The lowest BCUT2D eigenvalue weighted by molar-refractivity contribution is 0.298. The van der Waals surface area contributed by atoms with E-state index in [1.54, 1.807) is 12.3 Å². The van der Waals surface area contributed by atoms with Crippen LogP contribution in [0.4, 0.5) is 0 Å². The van der Waals surface area contributed by atoms with E-state index < -0.39 is 0 Å². The summed E-state index contributed by atoms with van der Waals surface area (Å²) in [7, 11) is 0. The second kappa shape index (κ2) is 3.49. The quantitative estimate of drug-likeness (QED) is 0.644. The number of aliphatic hydroxyl groups is 1. The van der Waals surface area contributed by atoms with Crippen LogP contribution in [0.5, 0.6) is 0 Å². The minimum Gasteiger partial charge on any atom is -0.396 e. The molecule has 0 bridgehead atoms. The Hall–Kier alpha value is -0.670. The number of rotatable bonds is 2. The van der Waals surface area contributed by atoms with E-state index in [1.807, 2.05) is 0 Å². The Labute approximate surface area is 63.7 Å². The predicted octanol–water partition coefficient (Wildman–Crippen LogP) is 0.665. The van der Waals surface area contributed by atoms with Gasteiger partial charge in [0.15, 0.2) is 0 Å². The fraction of sp³-hybridized carbons (Fsp3) is 0.333. The molecule has 0 saturated heterocycles. The van der Waals surface area contributed by atoms with Gasteiger partial charge in [-0.05, 0) is 17.7 Å². The van der Waals surface area contributed by atoms with Crippen LogP contribution in [0, 0.1) is 0 Å². The molecular weight excluding hydrogens is 152 g/mol. The van der Waals surface area contributed by atoms with Crippen molar-refractivity contribution >= 4 is 11.6 Å². The maximum Gasteiger partial charge on any atom is 0.222 e. The van der Waals surface area contributed by atoms with Gasteiger partial charge in [0.2, 0.25) is 5.28 Å². The van der Waals surface area contributed by atoms with Crippen LogP contribution < -0.4 is 0 Å². The summed E-state index contributed by atoms with van der Waals surface area (Å²) in [5.41, 5.74) is 0.766. The predicted molar refractivity (Wildman–Crippen MR) is 37.8 cm³/mol. The van der Waals surface area contributed by atoms with E-state index in [2.05, 4.69) is 9.97 Å². The van der Waals surface area contributed by atoms with Crippen molar-refractivity contribution < 1.29 is 5.11 Å². The van der Waals surface area contributed by atoms with Gasteiger partial charge in [-0.15, -0.1) is 0 Å². The van der Waals surface area contributed by atoms with Crippen molar-refractivity contribution in [1.29, 1.82) is 0 Å². The van der Waals surface area contributed by atoms with Crippen LogP contribution in [0.2, 0.25) is 5.28 Å². The average molecular weight is 159 g/mol. The van der Waals surface area contributed by atoms with Crippen LogP contribution in [0.25, 0.3) is 0 Å². The first kappa shape index (κ1) is 7.44. The highest BCUT2D eigenvalue weighted by atomic mass is 35.5. The van der Waals surface area contributed by atoms with E-state index in [0.717, 1.165) is 5.69 Å². The molecule has 1 N–H and O–H groups in total.